The minimum absolute atomic E-state index is 0.0341. The number of aryl methyl sites for hydroxylation is 4. The van der Waals surface area contributed by atoms with Crippen molar-refractivity contribution < 1.29 is 0 Å². The smallest absolute Gasteiger partial charge is 0.0738 e. The number of nitrogens with zero attached hydrogens (tertiary/aromatic N) is 2. The lowest BCUT2D eigenvalue weighted by atomic mass is 9.98. The molecule has 1 atom stereocenters. The fourth-order valence-corrected chi connectivity index (χ4v) is 3.26. The minimum Gasteiger partial charge on any atom is -0.324 e. The van der Waals surface area contributed by atoms with E-state index in [-0.39, 0.29) is 6.04 Å². The van der Waals surface area contributed by atoms with Gasteiger partial charge < -0.3 is 5.73 Å². The molecule has 2 rings (SSSR count). The third-order valence-corrected chi connectivity index (χ3v) is 6.04. The molecule has 1 unspecified atom stereocenters. The van der Waals surface area contributed by atoms with Gasteiger partial charge in [0, 0.05) is 23.5 Å². The molecule has 1 aromatic heterocycles. The number of hydrogen-bond donors (Lipinski definition) is 1. The van der Waals surface area contributed by atoms with Crippen LogP contribution in [0.2, 0.25) is 0 Å². The summed E-state index contributed by atoms with van der Waals surface area (Å²) in [6.07, 6.45) is 0.774. The molecule has 2 aromatic rings. The summed E-state index contributed by atoms with van der Waals surface area (Å²) in [5, 5.41) is 4.53. The molecule has 0 amide bonds. The van der Waals surface area contributed by atoms with Crippen LogP contribution in [0, 0.1) is 20.8 Å². The summed E-state index contributed by atoms with van der Waals surface area (Å²) in [7, 11) is 0. The second kappa shape index (κ2) is 6.63. The van der Waals surface area contributed by atoms with Gasteiger partial charge in [0.05, 0.1) is 15.9 Å². The van der Waals surface area contributed by atoms with Gasteiger partial charge >= 0.3 is 0 Å². The Morgan fingerprint density at radius 2 is 1.71 bits per heavy atom. The predicted octanol–water partition coefficient (Wildman–Crippen LogP) is 4.60. The quantitative estimate of drug-likeness (QED) is 0.794. The molecule has 2 N–H and O–H groups in total. The van der Waals surface area contributed by atoms with Gasteiger partial charge in [-0.15, -0.1) is 0 Å². The molecular weight excluding hydrogens is 394 g/mol. The standard InChI is InChI=1S/C16H21Br2N3/c1-5-21-14(16(18)11(4)20-21)8-13(19)12-6-9(2)15(17)10(3)7-12/h6-7,13H,5,8,19H2,1-4H3. The number of benzene rings is 1. The number of nitrogens with two attached hydrogens (primary N) is 1. The normalized spacial score (nSPS) is 12.7. The maximum absolute atomic E-state index is 6.44. The molecule has 0 fully saturated rings. The first kappa shape index (κ1) is 16.7. The van der Waals surface area contributed by atoms with Gasteiger partial charge in [-0.2, -0.15) is 5.10 Å². The molecule has 114 valence electrons. The van der Waals surface area contributed by atoms with Crippen molar-refractivity contribution in [3.05, 3.63) is 49.2 Å². The Morgan fingerprint density at radius 1 is 1.14 bits per heavy atom. The van der Waals surface area contributed by atoms with Crippen molar-refractivity contribution in [2.24, 2.45) is 5.73 Å². The molecule has 0 bridgehead atoms. The maximum atomic E-state index is 6.44. The lowest BCUT2D eigenvalue weighted by Gasteiger charge is -2.16. The summed E-state index contributed by atoms with van der Waals surface area (Å²) < 4.78 is 4.26. The van der Waals surface area contributed by atoms with E-state index in [1.807, 2.05) is 11.6 Å². The van der Waals surface area contributed by atoms with Crippen LogP contribution in [-0.4, -0.2) is 9.78 Å². The average molecular weight is 415 g/mol. The Labute approximate surface area is 143 Å². The molecule has 0 spiro atoms. The van der Waals surface area contributed by atoms with E-state index in [0.29, 0.717) is 0 Å². The van der Waals surface area contributed by atoms with Gasteiger partial charge in [0.15, 0.2) is 0 Å². The summed E-state index contributed by atoms with van der Waals surface area (Å²) in [4.78, 5) is 0. The van der Waals surface area contributed by atoms with Crippen LogP contribution in [0.15, 0.2) is 21.1 Å². The minimum atomic E-state index is -0.0341. The van der Waals surface area contributed by atoms with E-state index in [2.05, 4.69) is 69.9 Å². The van der Waals surface area contributed by atoms with Gasteiger partial charge in [0.2, 0.25) is 0 Å². The Morgan fingerprint density at radius 3 is 2.24 bits per heavy atom. The maximum Gasteiger partial charge on any atom is 0.0738 e. The molecule has 3 nitrogen and oxygen atoms in total. The zero-order chi connectivity index (χ0) is 15.7. The Kier molecular flexibility index (Phi) is 5.28. The predicted molar refractivity (Wildman–Crippen MR) is 94.6 cm³/mol. The van der Waals surface area contributed by atoms with Crippen LogP contribution in [0.4, 0.5) is 0 Å². The third kappa shape index (κ3) is 3.41. The van der Waals surface area contributed by atoms with E-state index < -0.39 is 0 Å². The molecule has 0 saturated carbocycles. The third-order valence-electron chi connectivity index (χ3n) is 3.75. The van der Waals surface area contributed by atoms with Crippen LogP contribution in [0.5, 0.6) is 0 Å². The number of halogens is 2. The molecule has 5 heteroatoms. The SMILES string of the molecule is CCn1nc(C)c(Br)c1CC(N)c1cc(C)c(Br)c(C)c1. The molecule has 0 aliphatic carbocycles. The van der Waals surface area contributed by atoms with Crippen molar-refractivity contribution in [1.82, 2.24) is 9.78 Å². The van der Waals surface area contributed by atoms with Gasteiger partial charge in [0.1, 0.15) is 0 Å². The summed E-state index contributed by atoms with van der Waals surface area (Å²) >= 11 is 7.24. The van der Waals surface area contributed by atoms with Crippen LogP contribution in [0.1, 0.15) is 41.0 Å². The summed E-state index contributed by atoms with van der Waals surface area (Å²) in [6.45, 7) is 9.17. The zero-order valence-electron chi connectivity index (χ0n) is 12.9. The van der Waals surface area contributed by atoms with Crippen LogP contribution >= 0.6 is 31.9 Å². The lowest BCUT2D eigenvalue weighted by molar-refractivity contribution is 0.586. The van der Waals surface area contributed by atoms with Crippen LogP contribution in [0.3, 0.4) is 0 Å². The highest BCUT2D eigenvalue weighted by atomic mass is 79.9. The van der Waals surface area contributed by atoms with E-state index in [9.17, 15) is 0 Å². The van der Waals surface area contributed by atoms with Gasteiger partial charge in [-0.3, -0.25) is 4.68 Å². The largest absolute Gasteiger partial charge is 0.324 e. The Balaban J connectivity index is 2.32. The highest BCUT2D eigenvalue weighted by Crippen LogP contribution is 2.29. The zero-order valence-corrected chi connectivity index (χ0v) is 16.0. The topological polar surface area (TPSA) is 43.8 Å². The molecule has 21 heavy (non-hydrogen) atoms. The van der Waals surface area contributed by atoms with Crippen LogP contribution < -0.4 is 5.73 Å². The summed E-state index contributed by atoms with van der Waals surface area (Å²) in [5.74, 6) is 0. The molecule has 0 aliphatic heterocycles. The molecule has 0 radical (unpaired) electrons. The van der Waals surface area contributed by atoms with Gasteiger partial charge in [-0.25, -0.2) is 0 Å². The highest BCUT2D eigenvalue weighted by Gasteiger charge is 2.17. The first-order chi connectivity index (χ1) is 9.85. The van der Waals surface area contributed by atoms with Gasteiger partial charge in [-0.05, 0) is 60.3 Å². The van der Waals surface area contributed by atoms with Gasteiger partial charge in [0.25, 0.3) is 0 Å². The van der Waals surface area contributed by atoms with Crippen LogP contribution in [-0.2, 0) is 13.0 Å². The Hall–Kier alpha value is -0.650. The van der Waals surface area contributed by atoms with Crippen LogP contribution in [0.25, 0.3) is 0 Å². The number of aromatic nitrogens is 2. The molecule has 0 aliphatic rings. The molecule has 1 aromatic carbocycles. The van der Waals surface area contributed by atoms with Crippen molar-refractivity contribution in [1.29, 1.82) is 0 Å². The summed E-state index contributed by atoms with van der Waals surface area (Å²) in [5.41, 5.74) is 12.2. The van der Waals surface area contributed by atoms with E-state index in [1.54, 1.807) is 0 Å². The molecular formula is C16H21Br2N3. The summed E-state index contributed by atoms with van der Waals surface area (Å²) in [6, 6.07) is 4.29. The number of rotatable bonds is 4. The highest BCUT2D eigenvalue weighted by molar-refractivity contribution is 9.10. The van der Waals surface area contributed by atoms with E-state index in [1.165, 1.54) is 22.4 Å². The fraction of sp³-hybridized carbons (Fsp3) is 0.438. The second-order valence-corrected chi connectivity index (χ2v) is 7.03. The van der Waals surface area contributed by atoms with Crippen molar-refractivity contribution in [2.75, 3.05) is 0 Å². The van der Waals surface area contributed by atoms with E-state index >= 15 is 0 Å². The van der Waals surface area contributed by atoms with Crippen molar-refractivity contribution in [3.8, 4) is 0 Å². The first-order valence-corrected chi connectivity index (χ1v) is 8.67. The Bertz CT molecular complexity index is 639. The number of hydrogen-bond acceptors (Lipinski definition) is 2. The monoisotopic (exact) mass is 413 g/mol. The lowest BCUT2D eigenvalue weighted by Crippen LogP contribution is -2.17. The first-order valence-electron chi connectivity index (χ1n) is 7.09. The van der Waals surface area contributed by atoms with E-state index in [4.69, 9.17) is 5.73 Å². The van der Waals surface area contributed by atoms with Crippen molar-refractivity contribution >= 4 is 31.9 Å². The average Bonchev–Trinajstić information content (AvgIpc) is 2.71. The molecule has 0 saturated heterocycles. The molecule has 1 heterocycles. The van der Waals surface area contributed by atoms with E-state index in [0.717, 1.165) is 27.6 Å². The van der Waals surface area contributed by atoms with Crippen molar-refractivity contribution in [2.45, 2.75) is 46.7 Å². The van der Waals surface area contributed by atoms with Crippen molar-refractivity contribution in [3.63, 3.8) is 0 Å². The van der Waals surface area contributed by atoms with Gasteiger partial charge in [-0.1, -0.05) is 28.1 Å². The fourth-order valence-electron chi connectivity index (χ4n) is 2.58. The second-order valence-electron chi connectivity index (χ2n) is 5.44.